The van der Waals surface area contributed by atoms with Gasteiger partial charge in [-0.3, -0.25) is 4.79 Å². The zero-order chi connectivity index (χ0) is 11.6. The molecule has 0 atom stereocenters. The average molecular weight is 273 g/mol. The van der Waals surface area contributed by atoms with Gasteiger partial charge in [0.1, 0.15) is 0 Å². The molecule has 82 valence electrons. The Morgan fingerprint density at radius 2 is 2.07 bits per heavy atom. The number of hydrogen-bond acceptors (Lipinski definition) is 2. The van der Waals surface area contributed by atoms with Gasteiger partial charge in [0, 0.05) is 4.47 Å². The highest BCUT2D eigenvalue weighted by atomic mass is 79.9. The van der Waals surface area contributed by atoms with Gasteiger partial charge in [0.2, 0.25) is 0 Å². The number of carboxylic acids is 1. The number of aliphatic hydroxyl groups excluding tert-OH is 1. The molecule has 4 heteroatoms. The molecule has 0 unspecified atom stereocenters. The topological polar surface area (TPSA) is 57.5 Å². The molecule has 1 rings (SSSR count). The number of benzene rings is 1. The Bertz CT molecular complexity index is 385. The van der Waals surface area contributed by atoms with Gasteiger partial charge in [-0.1, -0.05) is 22.0 Å². The molecule has 0 bridgehead atoms. The SMILES string of the molecule is CC(C)(C(=O)O)c1ccc(Br)cc1CO. The van der Waals surface area contributed by atoms with Gasteiger partial charge in [-0.2, -0.15) is 0 Å². The molecule has 3 nitrogen and oxygen atoms in total. The van der Waals surface area contributed by atoms with E-state index in [0.717, 1.165) is 4.47 Å². The Labute approximate surface area is 96.9 Å². The van der Waals surface area contributed by atoms with Crippen molar-refractivity contribution in [1.29, 1.82) is 0 Å². The predicted molar refractivity (Wildman–Crippen MR) is 60.7 cm³/mol. The van der Waals surface area contributed by atoms with Crippen LogP contribution in [0.15, 0.2) is 22.7 Å². The highest BCUT2D eigenvalue weighted by Gasteiger charge is 2.31. The second kappa shape index (κ2) is 4.33. The molecule has 0 saturated heterocycles. The van der Waals surface area contributed by atoms with Crippen LogP contribution < -0.4 is 0 Å². The van der Waals surface area contributed by atoms with Crippen molar-refractivity contribution in [2.24, 2.45) is 0 Å². The molecule has 0 spiro atoms. The number of carbonyl (C=O) groups is 1. The third-order valence-corrected chi connectivity index (χ3v) is 2.94. The van der Waals surface area contributed by atoms with E-state index in [4.69, 9.17) is 5.11 Å². The molecular weight excluding hydrogens is 260 g/mol. The predicted octanol–water partition coefficient (Wildman–Crippen LogP) is 2.30. The number of aliphatic hydroxyl groups is 1. The minimum atomic E-state index is -0.987. The maximum atomic E-state index is 11.1. The van der Waals surface area contributed by atoms with Crippen LogP contribution in [-0.4, -0.2) is 16.2 Å². The van der Waals surface area contributed by atoms with Gasteiger partial charge in [0.25, 0.3) is 0 Å². The second-order valence-electron chi connectivity index (χ2n) is 3.89. The average Bonchev–Trinajstić information content (AvgIpc) is 2.16. The molecule has 15 heavy (non-hydrogen) atoms. The number of hydrogen-bond donors (Lipinski definition) is 2. The number of carboxylic acid groups (broad SMARTS) is 1. The fourth-order valence-electron chi connectivity index (χ4n) is 1.42. The minimum Gasteiger partial charge on any atom is -0.481 e. The Kier molecular flexibility index (Phi) is 3.52. The summed E-state index contributed by atoms with van der Waals surface area (Å²) in [5.41, 5.74) is 0.288. The quantitative estimate of drug-likeness (QED) is 0.888. The molecule has 0 aliphatic carbocycles. The maximum absolute atomic E-state index is 11.1. The first-order valence-electron chi connectivity index (χ1n) is 4.52. The fourth-order valence-corrected chi connectivity index (χ4v) is 1.83. The van der Waals surface area contributed by atoms with Crippen LogP contribution in [0.5, 0.6) is 0 Å². The maximum Gasteiger partial charge on any atom is 0.313 e. The lowest BCUT2D eigenvalue weighted by molar-refractivity contribution is -0.142. The summed E-state index contributed by atoms with van der Waals surface area (Å²) < 4.78 is 0.830. The first kappa shape index (κ1) is 12.2. The molecule has 0 radical (unpaired) electrons. The van der Waals surface area contributed by atoms with E-state index in [-0.39, 0.29) is 6.61 Å². The Balaban J connectivity index is 3.31. The first-order chi connectivity index (χ1) is 6.89. The molecule has 1 aromatic rings. The van der Waals surface area contributed by atoms with Crippen LogP contribution in [-0.2, 0) is 16.8 Å². The summed E-state index contributed by atoms with van der Waals surface area (Å²) in [7, 11) is 0. The summed E-state index contributed by atoms with van der Waals surface area (Å²) in [6, 6.07) is 5.24. The van der Waals surface area contributed by atoms with Crippen molar-refractivity contribution in [1.82, 2.24) is 0 Å². The van der Waals surface area contributed by atoms with Crippen LogP contribution in [0, 0.1) is 0 Å². The van der Waals surface area contributed by atoms with E-state index in [1.807, 2.05) is 0 Å². The highest BCUT2D eigenvalue weighted by Crippen LogP contribution is 2.29. The van der Waals surface area contributed by atoms with Gasteiger partial charge in [-0.15, -0.1) is 0 Å². The van der Waals surface area contributed by atoms with Gasteiger partial charge >= 0.3 is 5.97 Å². The zero-order valence-electron chi connectivity index (χ0n) is 8.62. The van der Waals surface area contributed by atoms with Crippen molar-refractivity contribution < 1.29 is 15.0 Å². The van der Waals surface area contributed by atoms with Crippen LogP contribution in [0.25, 0.3) is 0 Å². The monoisotopic (exact) mass is 272 g/mol. The Hall–Kier alpha value is -0.870. The van der Waals surface area contributed by atoms with Crippen LogP contribution in [0.2, 0.25) is 0 Å². The highest BCUT2D eigenvalue weighted by molar-refractivity contribution is 9.10. The number of aliphatic carboxylic acids is 1. The molecule has 0 heterocycles. The lowest BCUT2D eigenvalue weighted by Crippen LogP contribution is -2.29. The van der Waals surface area contributed by atoms with E-state index in [1.165, 1.54) is 0 Å². The molecule has 0 aromatic heterocycles. The van der Waals surface area contributed by atoms with Crippen molar-refractivity contribution in [3.8, 4) is 0 Å². The normalized spacial score (nSPS) is 11.5. The van der Waals surface area contributed by atoms with Gasteiger partial charge in [-0.25, -0.2) is 0 Å². The van der Waals surface area contributed by atoms with Crippen molar-refractivity contribution in [3.63, 3.8) is 0 Å². The molecule has 1 aromatic carbocycles. The van der Waals surface area contributed by atoms with E-state index in [2.05, 4.69) is 15.9 Å². The largest absolute Gasteiger partial charge is 0.481 e. The summed E-state index contributed by atoms with van der Waals surface area (Å²) in [5, 5.41) is 18.3. The van der Waals surface area contributed by atoms with Crippen molar-refractivity contribution in [3.05, 3.63) is 33.8 Å². The summed E-state index contributed by atoms with van der Waals surface area (Å²) in [5.74, 6) is -0.903. The molecule has 0 fully saturated rings. The van der Waals surface area contributed by atoms with E-state index < -0.39 is 11.4 Å². The second-order valence-corrected chi connectivity index (χ2v) is 4.81. The van der Waals surface area contributed by atoms with E-state index in [1.54, 1.807) is 32.0 Å². The smallest absolute Gasteiger partial charge is 0.313 e. The van der Waals surface area contributed by atoms with Crippen molar-refractivity contribution >= 4 is 21.9 Å². The lowest BCUT2D eigenvalue weighted by Gasteiger charge is -2.22. The Morgan fingerprint density at radius 1 is 1.47 bits per heavy atom. The minimum absolute atomic E-state index is 0.161. The Morgan fingerprint density at radius 3 is 2.53 bits per heavy atom. The molecule has 0 saturated carbocycles. The fraction of sp³-hybridized carbons (Fsp3) is 0.364. The van der Waals surface area contributed by atoms with Crippen LogP contribution in [0.4, 0.5) is 0 Å². The molecule has 0 aliphatic rings. The van der Waals surface area contributed by atoms with Gasteiger partial charge in [-0.05, 0) is 37.1 Å². The van der Waals surface area contributed by atoms with Gasteiger partial charge in [0.15, 0.2) is 0 Å². The standard InChI is InChI=1S/C11H13BrO3/c1-11(2,10(14)15)9-4-3-8(12)5-7(9)6-13/h3-5,13H,6H2,1-2H3,(H,14,15). The summed E-state index contributed by atoms with van der Waals surface area (Å²) in [6.07, 6.45) is 0. The third-order valence-electron chi connectivity index (χ3n) is 2.45. The molecule has 0 amide bonds. The number of rotatable bonds is 3. The third kappa shape index (κ3) is 2.38. The van der Waals surface area contributed by atoms with Crippen LogP contribution in [0.1, 0.15) is 25.0 Å². The van der Waals surface area contributed by atoms with E-state index >= 15 is 0 Å². The van der Waals surface area contributed by atoms with Crippen molar-refractivity contribution in [2.45, 2.75) is 25.9 Å². The summed E-state index contributed by atoms with van der Waals surface area (Å²) in [4.78, 5) is 11.1. The van der Waals surface area contributed by atoms with Crippen LogP contribution in [0.3, 0.4) is 0 Å². The van der Waals surface area contributed by atoms with E-state index in [9.17, 15) is 9.90 Å². The molecule has 0 aliphatic heterocycles. The van der Waals surface area contributed by atoms with E-state index in [0.29, 0.717) is 11.1 Å². The lowest BCUT2D eigenvalue weighted by atomic mass is 9.82. The first-order valence-corrected chi connectivity index (χ1v) is 5.32. The summed E-state index contributed by atoms with van der Waals surface area (Å²) >= 11 is 3.28. The summed E-state index contributed by atoms with van der Waals surface area (Å²) in [6.45, 7) is 3.08. The number of halogens is 1. The van der Waals surface area contributed by atoms with Gasteiger partial charge in [0.05, 0.1) is 12.0 Å². The zero-order valence-corrected chi connectivity index (χ0v) is 10.2. The molecule has 2 N–H and O–H groups in total. The van der Waals surface area contributed by atoms with Crippen LogP contribution >= 0.6 is 15.9 Å². The van der Waals surface area contributed by atoms with Gasteiger partial charge < -0.3 is 10.2 Å². The molecular formula is C11H13BrO3. The van der Waals surface area contributed by atoms with Crippen molar-refractivity contribution in [2.75, 3.05) is 0 Å².